The minimum absolute atomic E-state index is 0.0351. The van der Waals surface area contributed by atoms with Gasteiger partial charge in [-0.3, -0.25) is 9.52 Å². The minimum atomic E-state index is -3.86. The van der Waals surface area contributed by atoms with E-state index in [-0.39, 0.29) is 10.5 Å². The molecule has 3 rings (SSSR count). The van der Waals surface area contributed by atoms with Gasteiger partial charge in [0.2, 0.25) is 0 Å². The van der Waals surface area contributed by atoms with Crippen molar-refractivity contribution in [2.75, 3.05) is 11.8 Å². The van der Waals surface area contributed by atoms with Gasteiger partial charge in [-0.15, -0.1) is 11.3 Å². The second-order valence-electron chi connectivity index (χ2n) is 5.73. The Balaban J connectivity index is 1.71. The molecule has 0 aliphatic rings. The van der Waals surface area contributed by atoms with Crippen molar-refractivity contribution in [3.05, 3.63) is 74.9 Å². The van der Waals surface area contributed by atoms with Gasteiger partial charge >= 0.3 is 0 Å². The third-order valence-electron chi connectivity index (χ3n) is 3.69. The summed E-state index contributed by atoms with van der Waals surface area (Å²) in [6, 6.07) is 14.0. The summed E-state index contributed by atoms with van der Waals surface area (Å²) in [6.07, 6.45) is 1.51. The van der Waals surface area contributed by atoms with E-state index in [4.69, 9.17) is 4.74 Å². The number of sulfonamides is 1. The molecule has 0 aliphatic carbocycles. The lowest BCUT2D eigenvalue weighted by molar-refractivity contribution is 0.0955. The number of nitrogens with zero attached hydrogens (tertiary/aromatic N) is 1. The first-order valence-corrected chi connectivity index (χ1v) is 11.4. The maximum atomic E-state index is 12.6. The maximum Gasteiger partial charge on any atom is 0.271 e. The summed E-state index contributed by atoms with van der Waals surface area (Å²) in [4.78, 5) is 13.1. The van der Waals surface area contributed by atoms with Gasteiger partial charge < -0.3 is 4.74 Å². The Morgan fingerprint density at radius 3 is 2.59 bits per heavy atom. The fourth-order valence-electron chi connectivity index (χ4n) is 2.29. The molecule has 0 fully saturated rings. The van der Waals surface area contributed by atoms with Crippen LogP contribution in [0.4, 0.5) is 5.69 Å². The van der Waals surface area contributed by atoms with Crippen molar-refractivity contribution in [2.45, 2.75) is 4.90 Å². The number of amides is 1. The number of thiophene rings is 1. The number of benzene rings is 2. The van der Waals surface area contributed by atoms with Gasteiger partial charge in [0.15, 0.2) is 0 Å². The summed E-state index contributed by atoms with van der Waals surface area (Å²) in [5.41, 5.74) is 2.95. The highest BCUT2D eigenvalue weighted by atomic mass is 79.9. The van der Waals surface area contributed by atoms with E-state index in [9.17, 15) is 13.2 Å². The van der Waals surface area contributed by atoms with Crippen molar-refractivity contribution >= 4 is 55.1 Å². The molecule has 29 heavy (non-hydrogen) atoms. The first-order valence-electron chi connectivity index (χ1n) is 8.22. The van der Waals surface area contributed by atoms with E-state index < -0.39 is 15.9 Å². The molecule has 7 nitrogen and oxygen atoms in total. The fraction of sp³-hybridized carbons (Fsp3) is 0.0526. The Hall–Kier alpha value is -2.69. The smallest absolute Gasteiger partial charge is 0.271 e. The molecular formula is C19H16BrN3O4S2. The Morgan fingerprint density at radius 2 is 1.93 bits per heavy atom. The fourth-order valence-corrected chi connectivity index (χ4v) is 4.70. The molecule has 0 radical (unpaired) electrons. The molecule has 0 saturated carbocycles. The van der Waals surface area contributed by atoms with Crippen LogP contribution in [-0.2, 0) is 10.0 Å². The number of hydrazone groups is 1. The Morgan fingerprint density at radius 1 is 1.17 bits per heavy atom. The molecule has 0 atom stereocenters. The minimum Gasteiger partial charge on any atom is -0.497 e. The number of halogens is 1. The Kier molecular flexibility index (Phi) is 6.68. The Bertz CT molecular complexity index is 1140. The zero-order valence-corrected chi connectivity index (χ0v) is 18.3. The highest BCUT2D eigenvalue weighted by molar-refractivity contribution is 9.10. The van der Waals surface area contributed by atoms with E-state index in [0.717, 1.165) is 9.35 Å². The number of ether oxygens (including phenoxy) is 1. The number of methoxy groups -OCH3 is 1. The number of anilines is 1. The first-order chi connectivity index (χ1) is 13.9. The number of hydrogen-bond donors (Lipinski definition) is 2. The van der Waals surface area contributed by atoms with E-state index in [1.165, 1.54) is 48.9 Å². The lowest BCUT2D eigenvalue weighted by atomic mass is 10.2. The van der Waals surface area contributed by atoms with Crippen molar-refractivity contribution in [3.63, 3.8) is 0 Å². The monoisotopic (exact) mass is 493 g/mol. The van der Waals surface area contributed by atoms with Crippen LogP contribution in [0.5, 0.6) is 5.75 Å². The van der Waals surface area contributed by atoms with Crippen molar-refractivity contribution in [1.29, 1.82) is 0 Å². The van der Waals surface area contributed by atoms with Gasteiger partial charge in [-0.25, -0.2) is 13.8 Å². The van der Waals surface area contributed by atoms with E-state index in [0.29, 0.717) is 11.4 Å². The maximum absolute atomic E-state index is 12.6. The van der Waals surface area contributed by atoms with Crippen LogP contribution >= 0.6 is 27.3 Å². The van der Waals surface area contributed by atoms with E-state index >= 15 is 0 Å². The van der Waals surface area contributed by atoms with Crippen LogP contribution in [0.1, 0.15) is 15.2 Å². The highest BCUT2D eigenvalue weighted by Gasteiger charge is 2.16. The van der Waals surface area contributed by atoms with Gasteiger partial charge in [0.25, 0.3) is 15.9 Å². The largest absolute Gasteiger partial charge is 0.497 e. The molecule has 0 unspecified atom stereocenters. The first kappa shape index (κ1) is 21.0. The number of carbonyl (C=O) groups is 1. The number of hydrogen-bond acceptors (Lipinski definition) is 6. The summed E-state index contributed by atoms with van der Waals surface area (Å²) in [5, 5.41) is 5.79. The topological polar surface area (TPSA) is 96.9 Å². The summed E-state index contributed by atoms with van der Waals surface area (Å²) < 4.78 is 33.7. The van der Waals surface area contributed by atoms with Crippen molar-refractivity contribution < 1.29 is 17.9 Å². The molecule has 1 amide bonds. The van der Waals surface area contributed by atoms with Gasteiger partial charge in [-0.2, -0.15) is 5.10 Å². The molecule has 0 spiro atoms. The van der Waals surface area contributed by atoms with Crippen LogP contribution < -0.4 is 14.9 Å². The van der Waals surface area contributed by atoms with Crippen molar-refractivity contribution in [2.24, 2.45) is 5.10 Å². The molecular weight excluding hydrogens is 478 g/mol. The number of carbonyl (C=O) groups excluding carboxylic acids is 1. The molecule has 2 aromatic carbocycles. The van der Waals surface area contributed by atoms with Crippen LogP contribution in [0.2, 0.25) is 0 Å². The van der Waals surface area contributed by atoms with E-state index in [1.807, 2.05) is 11.4 Å². The molecule has 1 aromatic heterocycles. The van der Waals surface area contributed by atoms with Gasteiger partial charge in [0, 0.05) is 26.0 Å². The van der Waals surface area contributed by atoms with Crippen molar-refractivity contribution in [1.82, 2.24) is 5.43 Å². The van der Waals surface area contributed by atoms with E-state index in [2.05, 4.69) is 31.2 Å². The zero-order valence-electron chi connectivity index (χ0n) is 15.1. The average molecular weight is 494 g/mol. The predicted octanol–water partition coefficient (Wildman–Crippen LogP) is 4.08. The van der Waals surface area contributed by atoms with Crippen LogP contribution in [0.15, 0.2) is 74.4 Å². The quantitative estimate of drug-likeness (QED) is 0.382. The second kappa shape index (κ2) is 9.21. The summed E-state index contributed by atoms with van der Waals surface area (Å²) >= 11 is 4.80. The van der Waals surface area contributed by atoms with E-state index in [1.54, 1.807) is 24.3 Å². The molecule has 1 heterocycles. The van der Waals surface area contributed by atoms with Gasteiger partial charge in [-0.05, 0) is 64.5 Å². The molecule has 10 heteroatoms. The molecule has 0 saturated heterocycles. The number of rotatable bonds is 7. The van der Waals surface area contributed by atoms with Crippen LogP contribution in [0.3, 0.4) is 0 Å². The Labute approximate surface area is 180 Å². The summed E-state index contributed by atoms with van der Waals surface area (Å²) in [5.74, 6) is 0.0976. The second-order valence-corrected chi connectivity index (χ2v) is 9.27. The van der Waals surface area contributed by atoms with Gasteiger partial charge in [0.05, 0.1) is 18.2 Å². The van der Waals surface area contributed by atoms with Crippen molar-refractivity contribution in [3.8, 4) is 5.75 Å². The normalized spacial score (nSPS) is 11.4. The lowest BCUT2D eigenvalue weighted by Gasteiger charge is -2.09. The summed E-state index contributed by atoms with van der Waals surface area (Å²) in [6.45, 7) is 0. The molecule has 150 valence electrons. The van der Waals surface area contributed by atoms with Gasteiger partial charge in [0.1, 0.15) is 5.75 Å². The standard InChI is InChI=1S/C19H16BrN3O4S2/c1-27-16-7-5-15(6-8-16)23-29(25,26)18-4-2-3-13(9-18)19(24)22-21-11-17-10-14(20)12-28-17/h2-12,23H,1H3,(H,22,24)/b21-11+. The van der Waals surface area contributed by atoms with Gasteiger partial charge in [-0.1, -0.05) is 6.07 Å². The molecule has 2 N–H and O–H groups in total. The van der Waals surface area contributed by atoms with Crippen LogP contribution in [0, 0.1) is 0 Å². The lowest BCUT2D eigenvalue weighted by Crippen LogP contribution is -2.19. The molecule has 3 aromatic rings. The zero-order chi connectivity index (χ0) is 20.9. The average Bonchev–Trinajstić information content (AvgIpc) is 3.13. The summed E-state index contributed by atoms with van der Waals surface area (Å²) in [7, 11) is -2.34. The SMILES string of the molecule is COc1ccc(NS(=O)(=O)c2cccc(C(=O)N/N=C/c3cc(Br)cs3)c2)cc1. The number of nitrogens with one attached hydrogen (secondary N) is 2. The third-order valence-corrected chi connectivity index (χ3v) is 6.70. The third kappa shape index (κ3) is 5.66. The van der Waals surface area contributed by atoms with Crippen LogP contribution in [-0.4, -0.2) is 27.6 Å². The molecule has 0 bridgehead atoms. The highest BCUT2D eigenvalue weighted by Crippen LogP contribution is 2.20. The molecule has 0 aliphatic heterocycles. The predicted molar refractivity (Wildman–Crippen MR) is 117 cm³/mol. The van der Waals surface area contributed by atoms with Crippen LogP contribution in [0.25, 0.3) is 0 Å².